The second kappa shape index (κ2) is 11.7. The third-order valence-electron chi connectivity index (χ3n) is 6.75. The number of nitrogens with zero attached hydrogens (tertiary/aromatic N) is 2. The number of ether oxygens (including phenoxy) is 1. The Balaban J connectivity index is 1.53. The summed E-state index contributed by atoms with van der Waals surface area (Å²) in [5, 5.41) is 13.7. The molecule has 0 bridgehead atoms. The number of nitrogens with one attached hydrogen (secondary N) is 3. The summed E-state index contributed by atoms with van der Waals surface area (Å²) in [5.74, 6) is -0.441. The molecule has 1 aliphatic rings. The fourth-order valence-corrected chi connectivity index (χ4v) is 5.34. The molecule has 2 aromatic carbocycles. The molecule has 1 fully saturated rings. The van der Waals surface area contributed by atoms with E-state index in [2.05, 4.69) is 72.8 Å². The van der Waals surface area contributed by atoms with Gasteiger partial charge in [-0.15, -0.1) is 0 Å². The second-order valence-electron chi connectivity index (χ2n) is 11.6. The maximum absolute atomic E-state index is 14.4. The predicted molar refractivity (Wildman–Crippen MR) is 156 cm³/mol. The van der Waals surface area contributed by atoms with E-state index < -0.39 is 5.95 Å². The van der Waals surface area contributed by atoms with Crippen molar-refractivity contribution < 1.29 is 13.9 Å². The van der Waals surface area contributed by atoms with Gasteiger partial charge in [-0.2, -0.15) is 9.49 Å². The van der Waals surface area contributed by atoms with E-state index in [1.807, 2.05) is 24.3 Å². The van der Waals surface area contributed by atoms with E-state index >= 15 is 0 Å². The Bertz CT molecular complexity index is 1350. The molecule has 0 spiro atoms. The molecule has 0 saturated carbocycles. The van der Waals surface area contributed by atoms with Gasteiger partial charge in [-0.3, -0.25) is 9.89 Å². The third-order valence-corrected chi connectivity index (χ3v) is 6.75. The van der Waals surface area contributed by atoms with E-state index in [1.165, 1.54) is 5.57 Å². The Morgan fingerprint density at radius 3 is 2.38 bits per heavy atom. The minimum atomic E-state index is -0.420. The fraction of sp³-hybridized carbons (Fsp3) is 0.419. The Labute approximate surface area is 230 Å². The van der Waals surface area contributed by atoms with Gasteiger partial charge in [0.25, 0.3) is 0 Å². The summed E-state index contributed by atoms with van der Waals surface area (Å²) in [4.78, 5) is 13.1. The number of aromatic nitrogens is 2. The van der Waals surface area contributed by atoms with Gasteiger partial charge in [0, 0.05) is 45.5 Å². The monoisotopic (exact) mass is 533 g/mol. The van der Waals surface area contributed by atoms with Gasteiger partial charge in [-0.1, -0.05) is 29.8 Å². The van der Waals surface area contributed by atoms with Gasteiger partial charge >= 0.3 is 0 Å². The van der Waals surface area contributed by atoms with Crippen LogP contribution in [0.15, 0.2) is 60.2 Å². The van der Waals surface area contributed by atoms with Crippen LogP contribution in [0.4, 0.5) is 10.1 Å². The van der Waals surface area contributed by atoms with Crippen molar-refractivity contribution in [3.05, 3.63) is 77.3 Å². The maximum Gasteiger partial charge on any atom is 0.245 e. The summed E-state index contributed by atoms with van der Waals surface area (Å²) in [6, 6.07) is 14.2. The first-order chi connectivity index (χ1) is 18.4. The lowest BCUT2D eigenvalue weighted by molar-refractivity contribution is -0.138. The number of aromatic amines is 1. The molecular weight excluding hydrogens is 493 g/mol. The third kappa shape index (κ3) is 7.34. The van der Waals surface area contributed by atoms with Crippen molar-refractivity contribution in [3.63, 3.8) is 0 Å². The molecule has 3 N–H and O–H groups in total. The Hall–Kier alpha value is -3.49. The van der Waals surface area contributed by atoms with Crippen LogP contribution in [-0.2, 0) is 9.53 Å². The van der Waals surface area contributed by atoms with Crippen molar-refractivity contribution in [3.8, 4) is 0 Å². The van der Waals surface area contributed by atoms with Gasteiger partial charge < -0.3 is 20.3 Å². The minimum absolute atomic E-state index is 0.0212. The van der Waals surface area contributed by atoms with Crippen molar-refractivity contribution >= 4 is 28.1 Å². The molecule has 1 amide bonds. The van der Waals surface area contributed by atoms with E-state index in [4.69, 9.17) is 4.74 Å². The number of likely N-dealkylation sites (N-methyl/N-ethyl adjacent to an activating group) is 1. The second-order valence-corrected chi connectivity index (χ2v) is 11.6. The van der Waals surface area contributed by atoms with Crippen molar-refractivity contribution in [2.45, 2.75) is 51.7 Å². The first-order valence-electron chi connectivity index (χ1n) is 13.4. The van der Waals surface area contributed by atoms with Crippen molar-refractivity contribution in [2.75, 3.05) is 39.0 Å². The first kappa shape index (κ1) is 28.5. The molecule has 1 saturated heterocycles. The highest BCUT2D eigenvalue weighted by atomic mass is 19.1. The zero-order valence-electron chi connectivity index (χ0n) is 23.8. The molecule has 0 atom stereocenters. The number of halogens is 1. The Morgan fingerprint density at radius 1 is 1.05 bits per heavy atom. The minimum Gasteiger partial charge on any atom is -0.384 e. The number of hydrogen-bond donors (Lipinski definition) is 3. The van der Waals surface area contributed by atoms with Crippen LogP contribution < -0.4 is 10.6 Å². The molecule has 1 aliphatic heterocycles. The van der Waals surface area contributed by atoms with Crippen LogP contribution in [0.2, 0.25) is 0 Å². The fourth-order valence-electron chi connectivity index (χ4n) is 5.34. The highest BCUT2D eigenvalue weighted by Crippen LogP contribution is 2.43. The molecule has 0 radical (unpaired) electrons. The lowest BCUT2D eigenvalue weighted by Gasteiger charge is -2.43. The van der Waals surface area contributed by atoms with Gasteiger partial charge in [0.05, 0.1) is 22.1 Å². The summed E-state index contributed by atoms with van der Waals surface area (Å²) in [5.41, 5.74) is 5.49. The zero-order valence-corrected chi connectivity index (χ0v) is 23.8. The standard InChI is InChI=1S/C31H40FN5O2/c1-30(2)19-23(20-31(3,4)39-30)28(22-11-14-26-25(18-22)29(32)36-35-26)21-9-12-24(13-10-21)34-17-16-33-15-7-8-27(38)37(5)6/h7-14,18,33-34H,15-17,19-20H2,1-6H3,(H,35,36)/b8-7+. The number of carbonyl (C=O) groups excluding carboxylic acids is 1. The van der Waals surface area contributed by atoms with Crippen LogP contribution in [0, 0.1) is 5.95 Å². The van der Waals surface area contributed by atoms with Crippen LogP contribution in [0.5, 0.6) is 0 Å². The van der Waals surface area contributed by atoms with E-state index in [0.717, 1.165) is 48.3 Å². The molecule has 0 aliphatic carbocycles. The van der Waals surface area contributed by atoms with E-state index in [0.29, 0.717) is 17.4 Å². The number of fused-ring (bicyclic) bond motifs is 1. The van der Waals surface area contributed by atoms with Gasteiger partial charge in [0.15, 0.2) is 0 Å². The SMILES string of the molecule is CN(C)C(=O)/C=C/CNCCNc1ccc(C(=C2CC(C)(C)OC(C)(C)C2)c2ccc3n[nH]c(F)c3c2)cc1. The van der Waals surface area contributed by atoms with Crippen LogP contribution in [0.1, 0.15) is 51.7 Å². The molecular formula is C31H40FN5O2. The summed E-state index contributed by atoms with van der Waals surface area (Å²) in [6.45, 7) is 10.7. The molecule has 8 heteroatoms. The lowest BCUT2D eigenvalue weighted by Crippen LogP contribution is -2.42. The van der Waals surface area contributed by atoms with Crippen molar-refractivity contribution in [1.82, 2.24) is 20.4 Å². The Kier molecular flexibility index (Phi) is 8.57. The molecule has 2 heterocycles. The number of benzene rings is 2. The zero-order chi connectivity index (χ0) is 28.2. The average Bonchev–Trinajstić information content (AvgIpc) is 3.22. The summed E-state index contributed by atoms with van der Waals surface area (Å²) in [6.07, 6.45) is 4.98. The summed E-state index contributed by atoms with van der Waals surface area (Å²) < 4.78 is 20.8. The number of hydrogen-bond acceptors (Lipinski definition) is 5. The van der Waals surface area contributed by atoms with Crippen LogP contribution in [0.3, 0.4) is 0 Å². The van der Waals surface area contributed by atoms with Gasteiger partial charge in [0.2, 0.25) is 11.9 Å². The highest BCUT2D eigenvalue weighted by molar-refractivity contribution is 5.89. The van der Waals surface area contributed by atoms with Gasteiger partial charge in [-0.05, 0) is 81.5 Å². The number of rotatable bonds is 9. The quantitative estimate of drug-likeness (QED) is 0.249. The molecule has 3 aromatic rings. The predicted octanol–water partition coefficient (Wildman–Crippen LogP) is 5.52. The van der Waals surface area contributed by atoms with E-state index in [1.54, 1.807) is 25.1 Å². The Morgan fingerprint density at radius 2 is 1.72 bits per heavy atom. The van der Waals surface area contributed by atoms with E-state index in [-0.39, 0.29) is 17.1 Å². The van der Waals surface area contributed by atoms with Crippen molar-refractivity contribution in [2.24, 2.45) is 0 Å². The van der Waals surface area contributed by atoms with E-state index in [9.17, 15) is 9.18 Å². The smallest absolute Gasteiger partial charge is 0.245 e. The molecule has 0 unspecified atom stereocenters. The summed E-state index contributed by atoms with van der Waals surface area (Å²) in [7, 11) is 3.47. The van der Waals surface area contributed by atoms with Crippen LogP contribution >= 0.6 is 0 Å². The number of amides is 1. The van der Waals surface area contributed by atoms with Crippen LogP contribution in [-0.4, -0.2) is 65.9 Å². The molecule has 1 aromatic heterocycles. The van der Waals surface area contributed by atoms with Gasteiger partial charge in [0.1, 0.15) is 0 Å². The van der Waals surface area contributed by atoms with Gasteiger partial charge in [-0.25, -0.2) is 0 Å². The number of carbonyl (C=O) groups is 1. The number of H-pyrrole nitrogens is 1. The molecule has 7 nitrogen and oxygen atoms in total. The van der Waals surface area contributed by atoms with Crippen molar-refractivity contribution in [1.29, 1.82) is 0 Å². The lowest BCUT2D eigenvalue weighted by atomic mass is 9.79. The topological polar surface area (TPSA) is 82.3 Å². The highest BCUT2D eigenvalue weighted by Gasteiger charge is 2.37. The maximum atomic E-state index is 14.4. The van der Waals surface area contributed by atoms with Crippen LogP contribution in [0.25, 0.3) is 16.5 Å². The summed E-state index contributed by atoms with van der Waals surface area (Å²) >= 11 is 0. The largest absolute Gasteiger partial charge is 0.384 e. The number of anilines is 1. The first-order valence-corrected chi connectivity index (χ1v) is 13.4. The molecule has 39 heavy (non-hydrogen) atoms. The average molecular weight is 534 g/mol. The molecule has 208 valence electrons. The normalized spacial score (nSPS) is 16.5. The molecule has 4 rings (SSSR count).